The first-order valence-electron chi connectivity index (χ1n) is 7.61. The maximum atomic E-state index is 12.7. The zero-order valence-electron chi connectivity index (χ0n) is 11.8. The van der Waals surface area contributed by atoms with Crippen LogP contribution in [0.25, 0.3) is 0 Å². The molecular formula is C16H19ClN2O2. The smallest absolute Gasteiger partial charge is 0.264 e. The third-order valence-corrected chi connectivity index (χ3v) is 5.43. The molecule has 1 amide bonds. The lowest BCUT2D eigenvalue weighted by molar-refractivity contribution is -0.137. The number of carbonyl (C=O) groups excluding carboxylic acids is 1. The van der Waals surface area contributed by atoms with Crippen LogP contribution in [0.15, 0.2) is 18.2 Å². The summed E-state index contributed by atoms with van der Waals surface area (Å²) in [6, 6.07) is 5.79. The second-order valence-corrected chi connectivity index (χ2v) is 6.91. The van der Waals surface area contributed by atoms with Crippen molar-refractivity contribution in [3.05, 3.63) is 28.8 Å². The number of carbonyl (C=O) groups is 1. The molecule has 2 heterocycles. The van der Waals surface area contributed by atoms with Gasteiger partial charge in [0, 0.05) is 30.6 Å². The minimum absolute atomic E-state index is 0.101. The number of nitrogens with zero attached hydrogens (tertiary/aromatic N) is 1. The summed E-state index contributed by atoms with van der Waals surface area (Å²) in [6.45, 7) is 1.63. The van der Waals surface area contributed by atoms with Crippen LogP contribution in [0.5, 0.6) is 5.75 Å². The van der Waals surface area contributed by atoms with Crippen LogP contribution in [0.3, 0.4) is 0 Å². The zero-order chi connectivity index (χ0) is 14.6. The fourth-order valence-corrected chi connectivity index (χ4v) is 4.24. The highest BCUT2D eigenvalue weighted by Crippen LogP contribution is 2.38. The van der Waals surface area contributed by atoms with Crippen molar-refractivity contribution in [1.29, 1.82) is 0 Å². The van der Waals surface area contributed by atoms with E-state index in [0.29, 0.717) is 23.3 Å². The Kier molecular flexibility index (Phi) is 3.12. The summed E-state index contributed by atoms with van der Waals surface area (Å²) in [5, 5.41) is 0.687. The molecule has 0 aromatic heterocycles. The normalized spacial score (nSPS) is 33.7. The standard InChI is InChI=1S/C16H19ClN2O2/c17-11-2-4-14-10(5-11)6-15(21-14)16(20)19-7-9-1-3-13(18)12(9)8-19/h2,4-5,9,12-13,15H,1,3,6-8,18H2. The van der Waals surface area contributed by atoms with Crippen molar-refractivity contribution in [2.24, 2.45) is 17.6 Å². The lowest BCUT2D eigenvalue weighted by atomic mass is 9.98. The van der Waals surface area contributed by atoms with Gasteiger partial charge in [0.15, 0.2) is 6.10 Å². The van der Waals surface area contributed by atoms with E-state index < -0.39 is 6.10 Å². The predicted molar refractivity (Wildman–Crippen MR) is 80.3 cm³/mol. The lowest BCUT2D eigenvalue weighted by Gasteiger charge is -2.22. The summed E-state index contributed by atoms with van der Waals surface area (Å²) in [6.07, 6.45) is 2.47. The van der Waals surface area contributed by atoms with Crippen molar-refractivity contribution in [2.75, 3.05) is 13.1 Å². The molecule has 112 valence electrons. The fourth-order valence-electron chi connectivity index (χ4n) is 4.05. The van der Waals surface area contributed by atoms with E-state index in [2.05, 4.69) is 0 Å². The van der Waals surface area contributed by atoms with Crippen molar-refractivity contribution in [1.82, 2.24) is 4.90 Å². The molecule has 3 aliphatic rings. The van der Waals surface area contributed by atoms with E-state index in [1.54, 1.807) is 6.07 Å². The van der Waals surface area contributed by atoms with E-state index in [1.165, 1.54) is 0 Å². The summed E-state index contributed by atoms with van der Waals surface area (Å²) in [5.74, 6) is 1.95. The van der Waals surface area contributed by atoms with Gasteiger partial charge in [-0.05, 0) is 48.4 Å². The van der Waals surface area contributed by atoms with Crippen molar-refractivity contribution < 1.29 is 9.53 Å². The quantitative estimate of drug-likeness (QED) is 0.861. The maximum absolute atomic E-state index is 12.7. The number of likely N-dealkylation sites (tertiary alicyclic amines) is 1. The third kappa shape index (κ3) is 2.21. The molecule has 1 saturated carbocycles. The minimum atomic E-state index is -0.395. The van der Waals surface area contributed by atoms with Gasteiger partial charge < -0.3 is 15.4 Å². The van der Waals surface area contributed by atoms with E-state index >= 15 is 0 Å². The van der Waals surface area contributed by atoms with Gasteiger partial charge in [0.2, 0.25) is 0 Å². The molecule has 4 nitrogen and oxygen atoms in total. The Morgan fingerprint density at radius 1 is 1.33 bits per heavy atom. The molecule has 0 radical (unpaired) electrons. The second-order valence-electron chi connectivity index (χ2n) is 6.47. The molecule has 1 saturated heterocycles. The zero-order valence-corrected chi connectivity index (χ0v) is 12.6. The Labute approximate surface area is 129 Å². The summed E-state index contributed by atoms with van der Waals surface area (Å²) < 4.78 is 5.80. The summed E-state index contributed by atoms with van der Waals surface area (Å²) >= 11 is 5.99. The minimum Gasteiger partial charge on any atom is -0.480 e. The van der Waals surface area contributed by atoms with Gasteiger partial charge in [-0.25, -0.2) is 0 Å². The van der Waals surface area contributed by atoms with Gasteiger partial charge in [-0.2, -0.15) is 0 Å². The molecule has 2 aliphatic heterocycles. The summed E-state index contributed by atoms with van der Waals surface area (Å²) in [7, 11) is 0. The van der Waals surface area contributed by atoms with Gasteiger partial charge in [0.05, 0.1) is 0 Å². The molecule has 21 heavy (non-hydrogen) atoms. The number of fused-ring (bicyclic) bond motifs is 2. The molecule has 0 bridgehead atoms. The van der Waals surface area contributed by atoms with E-state index in [-0.39, 0.29) is 11.9 Å². The molecule has 1 aromatic carbocycles. The first kappa shape index (κ1) is 13.4. The monoisotopic (exact) mass is 306 g/mol. The molecule has 1 aromatic rings. The number of benzene rings is 1. The Hall–Kier alpha value is -1.26. The van der Waals surface area contributed by atoms with E-state index in [1.807, 2.05) is 17.0 Å². The second kappa shape index (κ2) is 4.89. The van der Waals surface area contributed by atoms with Crippen molar-refractivity contribution in [3.63, 3.8) is 0 Å². The molecule has 2 fully saturated rings. The number of hydrogen-bond acceptors (Lipinski definition) is 3. The van der Waals surface area contributed by atoms with Gasteiger partial charge >= 0.3 is 0 Å². The highest BCUT2D eigenvalue weighted by Gasteiger charge is 2.44. The number of amides is 1. The highest BCUT2D eigenvalue weighted by molar-refractivity contribution is 6.30. The van der Waals surface area contributed by atoms with Crippen molar-refractivity contribution in [3.8, 4) is 5.75 Å². The molecule has 1 aliphatic carbocycles. The van der Waals surface area contributed by atoms with Crippen LogP contribution in [0.1, 0.15) is 18.4 Å². The molecule has 4 rings (SSSR count). The summed E-state index contributed by atoms with van der Waals surface area (Å²) in [5.41, 5.74) is 7.16. The van der Waals surface area contributed by atoms with Crippen LogP contribution in [0.2, 0.25) is 5.02 Å². The van der Waals surface area contributed by atoms with Gasteiger partial charge in [-0.3, -0.25) is 4.79 Å². The van der Waals surface area contributed by atoms with Gasteiger partial charge in [-0.15, -0.1) is 0 Å². The largest absolute Gasteiger partial charge is 0.480 e. The third-order valence-electron chi connectivity index (χ3n) is 5.20. The van der Waals surface area contributed by atoms with Crippen LogP contribution in [-0.2, 0) is 11.2 Å². The van der Waals surface area contributed by atoms with Crippen molar-refractivity contribution >= 4 is 17.5 Å². The van der Waals surface area contributed by atoms with Gasteiger partial charge in [-0.1, -0.05) is 11.6 Å². The lowest BCUT2D eigenvalue weighted by Crippen LogP contribution is -2.41. The Balaban J connectivity index is 1.46. The Morgan fingerprint density at radius 3 is 3.00 bits per heavy atom. The average molecular weight is 307 g/mol. The van der Waals surface area contributed by atoms with Crippen LogP contribution in [-0.4, -0.2) is 36.0 Å². The molecule has 4 unspecified atom stereocenters. The summed E-state index contributed by atoms with van der Waals surface area (Å²) in [4.78, 5) is 14.6. The fraction of sp³-hybridized carbons (Fsp3) is 0.562. The molecular weight excluding hydrogens is 288 g/mol. The first-order valence-corrected chi connectivity index (χ1v) is 7.99. The topological polar surface area (TPSA) is 55.6 Å². The number of halogens is 1. The number of nitrogens with two attached hydrogens (primary N) is 1. The number of ether oxygens (including phenoxy) is 1. The SMILES string of the molecule is NC1CCC2CN(C(=O)C3Cc4cc(Cl)ccc4O3)CC12. The highest BCUT2D eigenvalue weighted by atomic mass is 35.5. The van der Waals surface area contributed by atoms with Crippen LogP contribution in [0, 0.1) is 11.8 Å². The van der Waals surface area contributed by atoms with Gasteiger partial charge in [0.25, 0.3) is 5.91 Å². The molecule has 2 N–H and O–H groups in total. The number of rotatable bonds is 1. The van der Waals surface area contributed by atoms with Crippen LogP contribution in [0.4, 0.5) is 0 Å². The van der Waals surface area contributed by atoms with Crippen LogP contribution >= 0.6 is 11.6 Å². The predicted octanol–water partition coefficient (Wildman–Crippen LogP) is 1.84. The van der Waals surface area contributed by atoms with E-state index in [4.69, 9.17) is 22.1 Å². The molecule has 5 heteroatoms. The Morgan fingerprint density at radius 2 is 2.19 bits per heavy atom. The van der Waals surface area contributed by atoms with Crippen molar-refractivity contribution in [2.45, 2.75) is 31.4 Å². The average Bonchev–Trinajstić information content (AvgIpc) is 3.13. The maximum Gasteiger partial charge on any atom is 0.264 e. The number of hydrogen-bond donors (Lipinski definition) is 1. The molecule has 4 atom stereocenters. The first-order chi connectivity index (χ1) is 10.1. The van der Waals surface area contributed by atoms with Gasteiger partial charge in [0.1, 0.15) is 5.75 Å². The van der Waals surface area contributed by atoms with Crippen LogP contribution < -0.4 is 10.5 Å². The van der Waals surface area contributed by atoms with E-state index in [0.717, 1.165) is 37.2 Å². The molecule has 0 spiro atoms. The Bertz CT molecular complexity index is 592. The van der Waals surface area contributed by atoms with E-state index in [9.17, 15) is 4.79 Å².